The van der Waals surface area contributed by atoms with Crippen LogP contribution in [0.1, 0.15) is 12.0 Å². The number of allylic oxidation sites excluding steroid dienone is 1. The van der Waals surface area contributed by atoms with Crippen LogP contribution >= 0.6 is 0 Å². The standard InChI is InChI=1S/C17H25N3O/c1-4-16(18-21-3)9-10-19-11-13-20(14-12-19)17-7-5-15(2)6-8-17/h4-8H,1,9-14H2,2-3H3/b18-16+. The van der Waals surface area contributed by atoms with Crippen LogP contribution in [0, 0.1) is 6.92 Å². The van der Waals surface area contributed by atoms with Gasteiger partial charge >= 0.3 is 0 Å². The second kappa shape index (κ2) is 7.84. The molecule has 0 spiro atoms. The average molecular weight is 287 g/mol. The summed E-state index contributed by atoms with van der Waals surface area (Å²) >= 11 is 0. The molecular formula is C17H25N3O. The van der Waals surface area contributed by atoms with Crippen molar-refractivity contribution < 1.29 is 4.84 Å². The van der Waals surface area contributed by atoms with Gasteiger partial charge in [0.05, 0.1) is 5.71 Å². The molecule has 1 aliphatic heterocycles. The van der Waals surface area contributed by atoms with Crippen molar-refractivity contribution >= 4 is 11.4 Å². The first-order valence-electron chi connectivity index (χ1n) is 7.49. The Morgan fingerprint density at radius 2 is 1.90 bits per heavy atom. The van der Waals surface area contributed by atoms with Crippen LogP contribution in [0.25, 0.3) is 0 Å². The largest absolute Gasteiger partial charge is 0.399 e. The summed E-state index contributed by atoms with van der Waals surface area (Å²) in [6.45, 7) is 11.2. The molecule has 0 saturated carbocycles. The molecular weight excluding hydrogens is 262 g/mol. The highest BCUT2D eigenvalue weighted by molar-refractivity contribution is 5.94. The van der Waals surface area contributed by atoms with Gasteiger partial charge in [-0.05, 0) is 25.1 Å². The molecule has 1 aromatic carbocycles. The number of nitrogens with zero attached hydrogens (tertiary/aromatic N) is 3. The van der Waals surface area contributed by atoms with Gasteiger partial charge in [-0.1, -0.05) is 29.4 Å². The molecule has 0 N–H and O–H groups in total. The number of rotatable bonds is 6. The fourth-order valence-electron chi connectivity index (χ4n) is 2.56. The number of benzene rings is 1. The van der Waals surface area contributed by atoms with Crippen molar-refractivity contribution in [3.63, 3.8) is 0 Å². The van der Waals surface area contributed by atoms with Crippen LogP contribution in [0.2, 0.25) is 0 Å². The minimum Gasteiger partial charge on any atom is -0.399 e. The minimum absolute atomic E-state index is 0.891. The zero-order chi connectivity index (χ0) is 15.1. The maximum atomic E-state index is 4.81. The summed E-state index contributed by atoms with van der Waals surface area (Å²) in [6.07, 6.45) is 2.66. The van der Waals surface area contributed by atoms with E-state index < -0.39 is 0 Å². The van der Waals surface area contributed by atoms with Crippen molar-refractivity contribution in [3.8, 4) is 0 Å². The highest BCUT2D eigenvalue weighted by Gasteiger charge is 2.17. The van der Waals surface area contributed by atoms with Crippen LogP contribution in [-0.4, -0.2) is 50.4 Å². The van der Waals surface area contributed by atoms with Gasteiger partial charge < -0.3 is 9.74 Å². The van der Waals surface area contributed by atoms with E-state index in [1.165, 1.54) is 11.3 Å². The van der Waals surface area contributed by atoms with Crippen LogP contribution in [-0.2, 0) is 4.84 Å². The molecule has 0 unspecified atom stereocenters. The molecule has 1 fully saturated rings. The normalized spacial score (nSPS) is 16.9. The number of piperazine rings is 1. The van der Waals surface area contributed by atoms with Gasteiger partial charge in [-0.2, -0.15) is 0 Å². The average Bonchev–Trinajstić information content (AvgIpc) is 2.53. The predicted molar refractivity (Wildman–Crippen MR) is 89.1 cm³/mol. The Morgan fingerprint density at radius 1 is 1.24 bits per heavy atom. The molecule has 0 atom stereocenters. The van der Waals surface area contributed by atoms with E-state index in [0.717, 1.165) is 44.9 Å². The van der Waals surface area contributed by atoms with Crippen LogP contribution in [0.5, 0.6) is 0 Å². The lowest BCUT2D eigenvalue weighted by Crippen LogP contribution is -2.46. The summed E-state index contributed by atoms with van der Waals surface area (Å²) < 4.78 is 0. The molecule has 0 bridgehead atoms. The van der Waals surface area contributed by atoms with Gasteiger partial charge in [-0.3, -0.25) is 4.90 Å². The molecule has 0 amide bonds. The summed E-state index contributed by atoms with van der Waals surface area (Å²) in [5.74, 6) is 0. The molecule has 0 aromatic heterocycles. The molecule has 4 heteroatoms. The topological polar surface area (TPSA) is 28.1 Å². The van der Waals surface area contributed by atoms with Gasteiger partial charge in [0.2, 0.25) is 0 Å². The summed E-state index contributed by atoms with van der Waals surface area (Å²) in [6, 6.07) is 8.79. The fraction of sp³-hybridized carbons (Fsp3) is 0.471. The molecule has 21 heavy (non-hydrogen) atoms. The van der Waals surface area contributed by atoms with Crippen molar-refractivity contribution in [2.24, 2.45) is 5.16 Å². The van der Waals surface area contributed by atoms with E-state index in [9.17, 15) is 0 Å². The fourth-order valence-corrected chi connectivity index (χ4v) is 2.56. The molecule has 1 aromatic rings. The molecule has 114 valence electrons. The number of hydrogen-bond donors (Lipinski definition) is 0. The summed E-state index contributed by atoms with van der Waals surface area (Å²) in [5, 5.41) is 3.96. The van der Waals surface area contributed by atoms with Gasteiger partial charge in [0, 0.05) is 44.8 Å². The zero-order valence-electron chi connectivity index (χ0n) is 13.1. The third-order valence-electron chi connectivity index (χ3n) is 3.90. The van der Waals surface area contributed by atoms with E-state index in [-0.39, 0.29) is 0 Å². The Bertz CT molecular complexity index is 473. The van der Waals surface area contributed by atoms with Crippen LogP contribution in [0.15, 0.2) is 42.1 Å². The Morgan fingerprint density at radius 3 is 2.48 bits per heavy atom. The van der Waals surface area contributed by atoms with Crippen molar-refractivity contribution in [1.82, 2.24) is 4.90 Å². The van der Waals surface area contributed by atoms with Crippen LogP contribution in [0.3, 0.4) is 0 Å². The molecule has 1 aliphatic rings. The zero-order valence-corrected chi connectivity index (χ0v) is 13.1. The Kier molecular flexibility index (Phi) is 5.81. The lowest BCUT2D eigenvalue weighted by atomic mass is 10.2. The monoisotopic (exact) mass is 287 g/mol. The van der Waals surface area contributed by atoms with Crippen molar-refractivity contribution in [2.45, 2.75) is 13.3 Å². The Hall–Kier alpha value is -1.81. The molecule has 4 nitrogen and oxygen atoms in total. The smallest absolute Gasteiger partial charge is 0.106 e. The number of hydrogen-bond acceptors (Lipinski definition) is 4. The minimum atomic E-state index is 0.891. The van der Waals surface area contributed by atoms with Crippen molar-refractivity contribution in [1.29, 1.82) is 0 Å². The van der Waals surface area contributed by atoms with E-state index >= 15 is 0 Å². The van der Waals surface area contributed by atoms with Crippen LogP contribution in [0.4, 0.5) is 5.69 Å². The van der Waals surface area contributed by atoms with Crippen molar-refractivity contribution in [3.05, 3.63) is 42.5 Å². The predicted octanol–water partition coefficient (Wildman–Crippen LogP) is 2.70. The quantitative estimate of drug-likeness (QED) is 0.595. The van der Waals surface area contributed by atoms with Gasteiger partial charge in [0.15, 0.2) is 0 Å². The molecule has 1 saturated heterocycles. The first-order chi connectivity index (χ1) is 10.2. The van der Waals surface area contributed by atoms with Crippen molar-refractivity contribution in [2.75, 3.05) is 44.7 Å². The third-order valence-corrected chi connectivity index (χ3v) is 3.90. The first-order valence-corrected chi connectivity index (χ1v) is 7.49. The SMILES string of the molecule is C=C/C(CCN1CCN(c2ccc(C)cc2)CC1)=N\OC. The number of oxime groups is 1. The van der Waals surface area contributed by atoms with E-state index in [1.807, 2.05) is 0 Å². The van der Waals surface area contributed by atoms with E-state index in [1.54, 1.807) is 13.2 Å². The van der Waals surface area contributed by atoms with Gasteiger partial charge in [0.1, 0.15) is 7.11 Å². The highest BCUT2D eigenvalue weighted by Crippen LogP contribution is 2.17. The van der Waals surface area contributed by atoms with Gasteiger partial charge in [-0.15, -0.1) is 0 Å². The van der Waals surface area contributed by atoms with Crippen LogP contribution < -0.4 is 4.90 Å². The van der Waals surface area contributed by atoms with E-state index in [0.29, 0.717) is 0 Å². The second-order valence-electron chi connectivity index (χ2n) is 5.38. The molecule has 2 rings (SSSR count). The van der Waals surface area contributed by atoms with E-state index in [2.05, 4.69) is 52.7 Å². The summed E-state index contributed by atoms with van der Waals surface area (Å²) in [7, 11) is 1.57. The highest BCUT2D eigenvalue weighted by atomic mass is 16.6. The Balaban J connectivity index is 1.79. The molecule has 0 aliphatic carbocycles. The van der Waals surface area contributed by atoms with E-state index in [4.69, 9.17) is 4.84 Å². The molecule has 0 radical (unpaired) electrons. The number of aryl methyl sites for hydroxylation is 1. The Labute approximate surface area is 127 Å². The second-order valence-corrected chi connectivity index (χ2v) is 5.38. The van der Waals surface area contributed by atoms with Gasteiger partial charge in [0.25, 0.3) is 0 Å². The number of anilines is 1. The third kappa shape index (κ3) is 4.60. The van der Waals surface area contributed by atoms with Gasteiger partial charge in [-0.25, -0.2) is 0 Å². The lowest BCUT2D eigenvalue weighted by molar-refractivity contribution is 0.211. The first kappa shape index (κ1) is 15.6. The lowest BCUT2D eigenvalue weighted by Gasteiger charge is -2.36. The maximum absolute atomic E-state index is 4.81. The maximum Gasteiger partial charge on any atom is 0.106 e. The summed E-state index contributed by atoms with van der Waals surface area (Å²) in [5.41, 5.74) is 3.55. The summed E-state index contributed by atoms with van der Waals surface area (Å²) in [4.78, 5) is 9.73. The molecule has 1 heterocycles.